The topological polar surface area (TPSA) is 66.9 Å². The second-order valence-electron chi connectivity index (χ2n) is 3.77. The molecule has 100 valence electrons. The molecule has 0 atom stereocenters. The molecule has 1 aromatic carbocycles. The number of hydrogen-bond acceptors (Lipinski definition) is 5. The van der Waals surface area contributed by atoms with Crippen LogP contribution in [0.2, 0.25) is 0 Å². The predicted octanol–water partition coefficient (Wildman–Crippen LogP) is 3.22. The van der Waals surface area contributed by atoms with E-state index in [1.165, 1.54) is 11.3 Å². The number of nitrogens with zero attached hydrogens (tertiary/aromatic N) is 2. The number of carbonyl (C=O) groups excluding carboxylic acids is 1. The molecule has 1 aromatic heterocycles. The molecule has 5 nitrogen and oxygen atoms in total. The zero-order chi connectivity index (χ0) is 13.7. The molecule has 1 heterocycles. The van der Waals surface area contributed by atoms with Crippen LogP contribution in [0.1, 0.15) is 23.1 Å². The molecule has 0 bridgehead atoms. The van der Waals surface area contributed by atoms with E-state index in [9.17, 15) is 4.79 Å². The van der Waals surface area contributed by atoms with Crippen molar-refractivity contribution < 1.29 is 4.79 Å². The monoisotopic (exact) mass is 388 g/mol. The quantitative estimate of drug-likeness (QED) is 0.772. The van der Waals surface area contributed by atoms with E-state index in [-0.39, 0.29) is 5.91 Å². The van der Waals surface area contributed by atoms with Crippen LogP contribution in [-0.2, 0) is 0 Å². The molecule has 0 aliphatic carbocycles. The van der Waals surface area contributed by atoms with E-state index in [2.05, 4.69) is 50.3 Å². The van der Waals surface area contributed by atoms with Crippen LogP contribution in [0.15, 0.2) is 24.3 Å². The molecule has 0 aliphatic rings. The first-order valence-corrected chi connectivity index (χ1v) is 7.73. The third-order valence-electron chi connectivity index (χ3n) is 2.27. The lowest BCUT2D eigenvalue weighted by Gasteiger charge is -2.04. The SMILES string of the molecule is CCCNc1nnc(C(=O)Nc2ccccc2I)s1. The fourth-order valence-electron chi connectivity index (χ4n) is 1.36. The number of nitrogens with one attached hydrogen (secondary N) is 2. The Kier molecular flexibility index (Phi) is 5.08. The van der Waals surface area contributed by atoms with Gasteiger partial charge in [-0.2, -0.15) is 0 Å². The smallest absolute Gasteiger partial charge is 0.286 e. The number of benzene rings is 1. The Morgan fingerprint density at radius 2 is 2.16 bits per heavy atom. The predicted molar refractivity (Wildman–Crippen MR) is 85.8 cm³/mol. The lowest BCUT2D eigenvalue weighted by Crippen LogP contribution is -2.12. The molecule has 19 heavy (non-hydrogen) atoms. The summed E-state index contributed by atoms with van der Waals surface area (Å²) in [6.07, 6.45) is 1.00. The van der Waals surface area contributed by atoms with Crippen LogP contribution in [0, 0.1) is 3.57 Å². The Morgan fingerprint density at radius 1 is 1.37 bits per heavy atom. The maximum Gasteiger partial charge on any atom is 0.286 e. The van der Waals surface area contributed by atoms with E-state index in [1.807, 2.05) is 24.3 Å². The average molecular weight is 388 g/mol. The first kappa shape index (κ1) is 14.2. The molecule has 0 unspecified atom stereocenters. The highest BCUT2D eigenvalue weighted by molar-refractivity contribution is 14.1. The summed E-state index contributed by atoms with van der Waals surface area (Å²) in [5.41, 5.74) is 0.784. The van der Waals surface area contributed by atoms with Crippen LogP contribution in [-0.4, -0.2) is 22.6 Å². The summed E-state index contributed by atoms with van der Waals surface area (Å²) in [7, 11) is 0. The average Bonchev–Trinajstić information content (AvgIpc) is 2.88. The summed E-state index contributed by atoms with van der Waals surface area (Å²) in [5.74, 6) is -0.230. The third kappa shape index (κ3) is 3.87. The van der Waals surface area contributed by atoms with Crippen molar-refractivity contribution in [3.63, 3.8) is 0 Å². The second kappa shape index (κ2) is 6.80. The summed E-state index contributed by atoms with van der Waals surface area (Å²) >= 11 is 3.44. The van der Waals surface area contributed by atoms with Gasteiger partial charge in [0.1, 0.15) is 0 Å². The van der Waals surface area contributed by atoms with Gasteiger partial charge in [0.2, 0.25) is 10.1 Å². The maximum absolute atomic E-state index is 12.0. The summed E-state index contributed by atoms with van der Waals surface area (Å²) in [6, 6.07) is 7.60. The zero-order valence-electron chi connectivity index (χ0n) is 10.3. The molecule has 0 spiro atoms. The maximum atomic E-state index is 12.0. The summed E-state index contributed by atoms with van der Waals surface area (Å²) < 4.78 is 0.988. The number of anilines is 2. The Morgan fingerprint density at radius 3 is 2.89 bits per heavy atom. The van der Waals surface area contributed by atoms with Crippen molar-refractivity contribution in [2.75, 3.05) is 17.2 Å². The molecule has 0 radical (unpaired) electrons. The molecule has 2 N–H and O–H groups in total. The fraction of sp³-hybridized carbons (Fsp3) is 0.250. The summed E-state index contributed by atoms with van der Waals surface area (Å²) in [4.78, 5) is 12.0. The number of aromatic nitrogens is 2. The minimum absolute atomic E-state index is 0.230. The number of hydrogen-bond donors (Lipinski definition) is 2. The van der Waals surface area contributed by atoms with Crippen molar-refractivity contribution >= 4 is 50.7 Å². The van der Waals surface area contributed by atoms with Crippen LogP contribution in [0.3, 0.4) is 0 Å². The second-order valence-corrected chi connectivity index (χ2v) is 5.91. The first-order chi connectivity index (χ1) is 9.20. The Labute approximate surface area is 129 Å². The van der Waals surface area contributed by atoms with Crippen molar-refractivity contribution in [3.05, 3.63) is 32.8 Å². The van der Waals surface area contributed by atoms with Gasteiger partial charge in [-0.05, 0) is 41.1 Å². The number of halogens is 1. The highest BCUT2D eigenvalue weighted by atomic mass is 127. The van der Waals surface area contributed by atoms with Gasteiger partial charge in [0.25, 0.3) is 5.91 Å². The van der Waals surface area contributed by atoms with Gasteiger partial charge in [0, 0.05) is 10.1 Å². The van der Waals surface area contributed by atoms with Gasteiger partial charge in [-0.25, -0.2) is 0 Å². The van der Waals surface area contributed by atoms with Crippen LogP contribution >= 0.6 is 33.9 Å². The van der Waals surface area contributed by atoms with Crippen molar-refractivity contribution in [2.24, 2.45) is 0 Å². The van der Waals surface area contributed by atoms with Gasteiger partial charge in [-0.1, -0.05) is 30.4 Å². The number of carbonyl (C=O) groups is 1. The van der Waals surface area contributed by atoms with E-state index in [1.54, 1.807) is 0 Å². The van der Waals surface area contributed by atoms with Crippen molar-refractivity contribution in [1.82, 2.24) is 10.2 Å². The first-order valence-electron chi connectivity index (χ1n) is 5.84. The molecule has 7 heteroatoms. The van der Waals surface area contributed by atoms with E-state index >= 15 is 0 Å². The zero-order valence-corrected chi connectivity index (χ0v) is 13.3. The fourth-order valence-corrected chi connectivity index (χ4v) is 2.54. The van der Waals surface area contributed by atoms with Gasteiger partial charge in [-0.15, -0.1) is 10.2 Å². The minimum atomic E-state index is -0.230. The van der Waals surface area contributed by atoms with E-state index in [0.29, 0.717) is 10.1 Å². The standard InChI is InChI=1S/C12H13IN4OS/c1-2-7-14-12-17-16-11(19-12)10(18)15-9-6-4-3-5-8(9)13/h3-6H,2,7H2,1H3,(H,14,17)(H,15,18). The normalized spacial score (nSPS) is 10.2. The van der Waals surface area contributed by atoms with Crippen LogP contribution in [0.4, 0.5) is 10.8 Å². The van der Waals surface area contributed by atoms with Crippen molar-refractivity contribution in [1.29, 1.82) is 0 Å². The lowest BCUT2D eigenvalue weighted by molar-refractivity contribution is 0.102. The highest BCUT2D eigenvalue weighted by Gasteiger charge is 2.13. The Balaban J connectivity index is 2.04. The largest absolute Gasteiger partial charge is 0.360 e. The molecular weight excluding hydrogens is 375 g/mol. The van der Waals surface area contributed by atoms with Crippen LogP contribution in [0.25, 0.3) is 0 Å². The van der Waals surface area contributed by atoms with E-state index < -0.39 is 0 Å². The lowest BCUT2D eigenvalue weighted by atomic mass is 10.3. The number of para-hydroxylation sites is 1. The number of rotatable bonds is 5. The van der Waals surface area contributed by atoms with Gasteiger partial charge in [0.15, 0.2) is 0 Å². The molecule has 2 aromatic rings. The van der Waals surface area contributed by atoms with Gasteiger partial charge in [-0.3, -0.25) is 4.79 Å². The Hall–Kier alpha value is -1.22. The van der Waals surface area contributed by atoms with Crippen LogP contribution in [0.5, 0.6) is 0 Å². The third-order valence-corrected chi connectivity index (χ3v) is 4.09. The molecule has 1 amide bonds. The van der Waals surface area contributed by atoms with Gasteiger partial charge < -0.3 is 10.6 Å². The summed E-state index contributed by atoms with van der Waals surface area (Å²) in [6.45, 7) is 2.89. The van der Waals surface area contributed by atoms with Gasteiger partial charge >= 0.3 is 0 Å². The van der Waals surface area contributed by atoms with Crippen LogP contribution < -0.4 is 10.6 Å². The van der Waals surface area contributed by atoms with E-state index in [0.717, 1.165) is 22.2 Å². The van der Waals surface area contributed by atoms with Gasteiger partial charge in [0.05, 0.1) is 5.69 Å². The van der Waals surface area contributed by atoms with Crippen molar-refractivity contribution in [2.45, 2.75) is 13.3 Å². The molecular formula is C12H13IN4OS. The van der Waals surface area contributed by atoms with E-state index in [4.69, 9.17) is 0 Å². The summed E-state index contributed by atoms with van der Waals surface area (Å²) in [5, 5.41) is 14.8. The molecule has 0 saturated carbocycles. The Bertz CT molecular complexity index is 572. The molecule has 2 rings (SSSR count). The van der Waals surface area contributed by atoms with Crippen molar-refractivity contribution in [3.8, 4) is 0 Å². The molecule has 0 saturated heterocycles. The molecule has 0 aliphatic heterocycles. The molecule has 0 fully saturated rings. The number of amides is 1. The highest BCUT2D eigenvalue weighted by Crippen LogP contribution is 2.20. The minimum Gasteiger partial charge on any atom is -0.360 e.